The van der Waals surface area contributed by atoms with Crippen LogP contribution in [0.3, 0.4) is 0 Å². The van der Waals surface area contributed by atoms with Crippen LogP contribution < -0.4 is 4.74 Å². The summed E-state index contributed by atoms with van der Waals surface area (Å²) in [4.78, 5) is 0. The van der Waals surface area contributed by atoms with Crippen molar-refractivity contribution in [3.05, 3.63) is 29.3 Å². The number of fused-ring (bicyclic) bond motifs is 2. The zero-order valence-corrected chi connectivity index (χ0v) is 11.9. The lowest BCUT2D eigenvalue weighted by molar-refractivity contribution is 0.123. The van der Waals surface area contributed by atoms with E-state index >= 15 is 0 Å². The number of aliphatic hydroxyl groups excluding tert-OH is 1. The van der Waals surface area contributed by atoms with Gasteiger partial charge in [0.15, 0.2) is 0 Å². The third kappa shape index (κ3) is 2.51. The van der Waals surface area contributed by atoms with Crippen molar-refractivity contribution in [1.82, 2.24) is 0 Å². The van der Waals surface area contributed by atoms with Crippen LogP contribution in [0.4, 0.5) is 0 Å². The Bertz CT molecular complexity index is 455. The number of rotatable bonds is 4. The quantitative estimate of drug-likeness (QED) is 0.890. The first-order valence-corrected chi connectivity index (χ1v) is 7.50. The fourth-order valence-corrected chi connectivity index (χ4v) is 4.19. The highest BCUT2D eigenvalue weighted by atomic mass is 16.5. The van der Waals surface area contributed by atoms with Gasteiger partial charge in [-0.3, -0.25) is 0 Å². The molecule has 4 atom stereocenters. The molecule has 2 fully saturated rings. The Morgan fingerprint density at radius 3 is 2.79 bits per heavy atom. The molecule has 0 saturated heterocycles. The fraction of sp³-hybridized carbons (Fsp3) is 0.647. The smallest absolute Gasteiger partial charge is 0.124 e. The Morgan fingerprint density at radius 2 is 2.16 bits per heavy atom. The van der Waals surface area contributed by atoms with Gasteiger partial charge in [-0.15, -0.1) is 0 Å². The maximum Gasteiger partial charge on any atom is 0.124 e. The van der Waals surface area contributed by atoms with Crippen LogP contribution in [0.15, 0.2) is 18.2 Å². The van der Waals surface area contributed by atoms with Crippen molar-refractivity contribution in [3.63, 3.8) is 0 Å². The van der Waals surface area contributed by atoms with Gasteiger partial charge in [0.1, 0.15) is 5.75 Å². The van der Waals surface area contributed by atoms with Crippen LogP contribution in [0.25, 0.3) is 0 Å². The maximum atomic E-state index is 10.6. The lowest BCUT2D eigenvalue weighted by atomic mass is 9.83. The molecule has 104 valence electrons. The van der Waals surface area contributed by atoms with E-state index in [-0.39, 0.29) is 6.10 Å². The van der Waals surface area contributed by atoms with E-state index in [4.69, 9.17) is 4.74 Å². The summed E-state index contributed by atoms with van der Waals surface area (Å²) in [7, 11) is 1.68. The topological polar surface area (TPSA) is 29.5 Å². The van der Waals surface area contributed by atoms with E-state index in [9.17, 15) is 5.11 Å². The predicted molar refractivity (Wildman–Crippen MR) is 76.2 cm³/mol. The standard InChI is InChI=1S/C17H24O2/c1-11-3-6-17(19-2)15(7-11)16(18)10-14-9-12-4-5-13(14)8-12/h3,6-7,12-14,16,18H,4-5,8-10H2,1-2H3. The summed E-state index contributed by atoms with van der Waals surface area (Å²) >= 11 is 0. The number of aryl methyl sites for hydroxylation is 1. The minimum absolute atomic E-state index is 0.376. The van der Waals surface area contributed by atoms with Gasteiger partial charge < -0.3 is 9.84 Å². The summed E-state index contributed by atoms with van der Waals surface area (Å²) in [5, 5.41) is 10.6. The summed E-state index contributed by atoms with van der Waals surface area (Å²) in [6.07, 6.45) is 6.07. The number of aliphatic hydroxyl groups is 1. The van der Waals surface area contributed by atoms with Crippen molar-refractivity contribution < 1.29 is 9.84 Å². The van der Waals surface area contributed by atoms with Crippen molar-refractivity contribution >= 4 is 0 Å². The zero-order chi connectivity index (χ0) is 13.4. The van der Waals surface area contributed by atoms with Crippen LogP contribution >= 0.6 is 0 Å². The van der Waals surface area contributed by atoms with Gasteiger partial charge in [-0.1, -0.05) is 18.1 Å². The minimum atomic E-state index is -0.376. The van der Waals surface area contributed by atoms with Gasteiger partial charge in [-0.25, -0.2) is 0 Å². The summed E-state index contributed by atoms with van der Waals surface area (Å²) in [5.74, 6) is 3.36. The van der Waals surface area contributed by atoms with Crippen LogP contribution in [0.1, 0.15) is 49.3 Å². The molecule has 2 heteroatoms. The Hall–Kier alpha value is -1.02. The third-order valence-corrected chi connectivity index (χ3v) is 5.15. The SMILES string of the molecule is COc1ccc(C)cc1C(O)CC1CC2CCC1C2. The van der Waals surface area contributed by atoms with Crippen LogP contribution in [-0.2, 0) is 0 Å². The van der Waals surface area contributed by atoms with E-state index in [2.05, 4.69) is 13.0 Å². The number of benzene rings is 1. The summed E-state index contributed by atoms with van der Waals surface area (Å²) < 4.78 is 5.39. The van der Waals surface area contributed by atoms with Gasteiger partial charge in [-0.2, -0.15) is 0 Å². The molecule has 2 bridgehead atoms. The number of hydrogen-bond acceptors (Lipinski definition) is 2. The summed E-state index contributed by atoms with van der Waals surface area (Å²) in [6.45, 7) is 2.06. The first kappa shape index (κ1) is 13.0. The number of hydrogen-bond donors (Lipinski definition) is 1. The molecule has 0 heterocycles. The van der Waals surface area contributed by atoms with Gasteiger partial charge in [0.2, 0.25) is 0 Å². The summed E-state index contributed by atoms with van der Waals surface area (Å²) in [5.41, 5.74) is 2.15. The highest BCUT2D eigenvalue weighted by Gasteiger charge is 2.40. The predicted octanol–water partition coefficient (Wildman–Crippen LogP) is 3.86. The lowest BCUT2D eigenvalue weighted by Gasteiger charge is -2.25. The van der Waals surface area contributed by atoms with E-state index in [1.54, 1.807) is 7.11 Å². The average molecular weight is 260 g/mol. The molecule has 4 unspecified atom stereocenters. The van der Waals surface area contributed by atoms with Crippen molar-refractivity contribution in [2.45, 2.75) is 45.1 Å². The monoisotopic (exact) mass is 260 g/mol. The molecule has 2 aliphatic rings. The summed E-state index contributed by atoms with van der Waals surface area (Å²) in [6, 6.07) is 6.07. The Morgan fingerprint density at radius 1 is 1.32 bits per heavy atom. The number of methoxy groups -OCH3 is 1. The minimum Gasteiger partial charge on any atom is -0.496 e. The maximum absolute atomic E-state index is 10.6. The van der Waals surface area contributed by atoms with E-state index in [1.165, 1.54) is 31.2 Å². The van der Waals surface area contributed by atoms with Gasteiger partial charge in [0.05, 0.1) is 13.2 Å². The van der Waals surface area contributed by atoms with Crippen molar-refractivity contribution in [1.29, 1.82) is 0 Å². The second-order valence-corrected chi connectivity index (χ2v) is 6.43. The van der Waals surface area contributed by atoms with E-state index in [0.29, 0.717) is 0 Å². The van der Waals surface area contributed by atoms with E-state index in [0.717, 1.165) is 35.5 Å². The van der Waals surface area contributed by atoms with Crippen molar-refractivity contribution in [2.75, 3.05) is 7.11 Å². The van der Waals surface area contributed by atoms with Crippen LogP contribution in [0, 0.1) is 24.7 Å². The molecule has 0 aliphatic heterocycles. The van der Waals surface area contributed by atoms with Gasteiger partial charge in [-0.05, 0) is 62.5 Å². The molecule has 1 aromatic carbocycles. The molecule has 0 radical (unpaired) electrons. The second-order valence-electron chi connectivity index (χ2n) is 6.43. The third-order valence-electron chi connectivity index (χ3n) is 5.15. The second kappa shape index (κ2) is 5.16. The van der Waals surface area contributed by atoms with Crippen LogP contribution in [0.5, 0.6) is 5.75 Å². The molecule has 0 amide bonds. The Balaban J connectivity index is 1.73. The Kier molecular flexibility index (Phi) is 3.53. The van der Waals surface area contributed by atoms with Crippen molar-refractivity contribution in [2.24, 2.45) is 17.8 Å². The van der Waals surface area contributed by atoms with E-state index < -0.39 is 0 Å². The van der Waals surface area contributed by atoms with Crippen molar-refractivity contribution in [3.8, 4) is 5.75 Å². The molecule has 19 heavy (non-hydrogen) atoms. The molecule has 2 nitrogen and oxygen atoms in total. The average Bonchev–Trinajstić information content (AvgIpc) is 3.01. The number of ether oxygens (including phenoxy) is 1. The lowest BCUT2D eigenvalue weighted by Crippen LogP contribution is -2.14. The Labute approximate surface area is 115 Å². The van der Waals surface area contributed by atoms with E-state index in [1.807, 2.05) is 12.1 Å². The normalized spacial score (nSPS) is 30.6. The highest BCUT2D eigenvalue weighted by molar-refractivity contribution is 5.38. The van der Waals surface area contributed by atoms with Gasteiger partial charge in [0.25, 0.3) is 0 Å². The fourth-order valence-electron chi connectivity index (χ4n) is 4.19. The molecule has 2 saturated carbocycles. The first-order valence-electron chi connectivity index (χ1n) is 7.50. The molecule has 1 N–H and O–H groups in total. The largest absolute Gasteiger partial charge is 0.496 e. The highest BCUT2D eigenvalue weighted by Crippen LogP contribution is 2.51. The molecule has 0 aromatic heterocycles. The molecular formula is C17H24O2. The first-order chi connectivity index (χ1) is 9.17. The molecule has 0 spiro atoms. The van der Waals surface area contributed by atoms with Gasteiger partial charge >= 0.3 is 0 Å². The van der Waals surface area contributed by atoms with Gasteiger partial charge in [0, 0.05) is 5.56 Å². The molecule has 3 rings (SSSR count). The molecule has 1 aromatic rings. The molecular weight excluding hydrogens is 236 g/mol. The zero-order valence-electron chi connectivity index (χ0n) is 11.9. The van der Waals surface area contributed by atoms with Crippen LogP contribution in [-0.4, -0.2) is 12.2 Å². The molecule has 2 aliphatic carbocycles. The van der Waals surface area contributed by atoms with Crippen LogP contribution in [0.2, 0.25) is 0 Å².